The number of rotatable bonds is 6. The van der Waals surface area contributed by atoms with Crippen LogP contribution in [0.25, 0.3) is 21.3 Å². The van der Waals surface area contributed by atoms with E-state index < -0.39 is 11.7 Å². The Labute approximate surface area is 187 Å². The van der Waals surface area contributed by atoms with E-state index in [2.05, 4.69) is 38.4 Å². The Hall–Kier alpha value is -3.31. The summed E-state index contributed by atoms with van der Waals surface area (Å²) in [6, 6.07) is 11.5. The normalized spacial score (nSPS) is 11.4. The number of aromatic amines is 1. The SMILES string of the molecule is CC#Cc1nc(NCCCc2ccc(C(F)(F)F)cc2)sc1-c1ccc2[nH]nc(C)c2c1. The van der Waals surface area contributed by atoms with E-state index in [9.17, 15) is 13.2 Å². The molecule has 164 valence electrons. The second-order valence-electron chi connectivity index (χ2n) is 7.37. The number of thiazole rings is 1. The molecule has 0 aliphatic carbocycles. The zero-order chi connectivity index (χ0) is 22.7. The minimum absolute atomic E-state index is 0.622. The Morgan fingerprint density at radius 1 is 1.12 bits per heavy atom. The summed E-state index contributed by atoms with van der Waals surface area (Å²) in [4.78, 5) is 5.63. The van der Waals surface area contributed by atoms with Crippen molar-refractivity contribution in [2.45, 2.75) is 32.9 Å². The minimum atomic E-state index is -4.30. The highest BCUT2D eigenvalue weighted by Gasteiger charge is 2.29. The molecular formula is C24H21F3N4S. The van der Waals surface area contributed by atoms with Crippen LogP contribution in [-0.4, -0.2) is 21.7 Å². The monoisotopic (exact) mass is 454 g/mol. The maximum Gasteiger partial charge on any atom is 0.416 e. The Morgan fingerprint density at radius 2 is 1.91 bits per heavy atom. The summed E-state index contributed by atoms with van der Waals surface area (Å²) < 4.78 is 38.0. The Bertz CT molecular complexity index is 1290. The van der Waals surface area contributed by atoms with E-state index in [0.29, 0.717) is 13.0 Å². The van der Waals surface area contributed by atoms with E-state index in [1.165, 1.54) is 12.1 Å². The number of halogens is 3. The van der Waals surface area contributed by atoms with E-state index in [-0.39, 0.29) is 0 Å². The summed E-state index contributed by atoms with van der Waals surface area (Å²) in [5.74, 6) is 6.00. The maximum atomic E-state index is 12.7. The number of hydrogen-bond acceptors (Lipinski definition) is 4. The van der Waals surface area contributed by atoms with Gasteiger partial charge in [0.15, 0.2) is 5.13 Å². The van der Waals surface area contributed by atoms with Crippen LogP contribution in [0.4, 0.5) is 18.3 Å². The molecule has 4 aromatic rings. The fraction of sp³-hybridized carbons (Fsp3) is 0.250. The Balaban J connectivity index is 1.43. The highest BCUT2D eigenvalue weighted by atomic mass is 32.1. The second-order valence-corrected chi connectivity index (χ2v) is 8.37. The summed E-state index contributed by atoms with van der Waals surface area (Å²) in [6.07, 6.45) is -2.85. The van der Waals surface area contributed by atoms with Crippen LogP contribution in [0.15, 0.2) is 42.5 Å². The van der Waals surface area contributed by atoms with Crippen LogP contribution in [0.1, 0.15) is 35.9 Å². The molecule has 4 nitrogen and oxygen atoms in total. The molecule has 2 heterocycles. The summed E-state index contributed by atoms with van der Waals surface area (Å²) >= 11 is 1.54. The summed E-state index contributed by atoms with van der Waals surface area (Å²) in [7, 11) is 0. The van der Waals surface area contributed by atoms with Crippen LogP contribution >= 0.6 is 11.3 Å². The molecule has 0 aliphatic rings. The molecule has 0 unspecified atom stereocenters. The van der Waals surface area contributed by atoms with E-state index in [1.807, 2.05) is 19.1 Å². The van der Waals surface area contributed by atoms with Crippen molar-refractivity contribution in [1.82, 2.24) is 15.2 Å². The zero-order valence-electron chi connectivity index (χ0n) is 17.6. The first kappa shape index (κ1) is 21.9. The molecule has 32 heavy (non-hydrogen) atoms. The van der Waals surface area contributed by atoms with Gasteiger partial charge in [0, 0.05) is 11.9 Å². The third kappa shape index (κ3) is 4.78. The highest BCUT2D eigenvalue weighted by molar-refractivity contribution is 7.19. The van der Waals surface area contributed by atoms with Gasteiger partial charge in [-0.2, -0.15) is 18.3 Å². The van der Waals surface area contributed by atoms with Gasteiger partial charge in [-0.25, -0.2) is 4.98 Å². The first-order valence-corrected chi connectivity index (χ1v) is 11.0. The molecule has 4 rings (SSSR count). The fourth-order valence-electron chi connectivity index (χ4n) is 3.43. The van der Waals surface area contributed by atoms with Crippen LogP contribution in [-0.2, 0) is 12.6 Å². The lowest BCUT2D eigenvalue weighted by Gasteiger charge is -2.07. The van der Waals surface area contributed by atoms with Gasteiger partial charge < -0.3 is 5.32 Å². The average Bonchev–Trinajstić information content (AvgIpc) is 3.34. The van der Waals surface area contributed by atoms with Crippen molar-refractivity contribution in [3.05, 3.63) is 65.0 Å². The lowest BCUT2D eigenvalue weighted by atomic mass is 10.1. The molecule has 8 heteroatoms. The molecule has 2 aromatic carbocycles. The second kappa shape index (κ2) is 9.05. The van der Waals surface area contributed by atoms with Crippen LogP contribution in [0, 0.1) is 18.8 Å². The van der Waals surface area contributed by atoms with Crippen LogP contribution in [0.2, 0.25) is 0 Å². The maximum absolute atomic E-state index is 12.7. The number of H-pyrrole nitrogens is 1. The molecule has 0 saturated carbocycles. The standard InChI is InChI=1S/C24H21F3N4S/c1-3-5-21-22(17-9-12-20-19(14-17)15(2)30-31-20)32-23(29-21)28-13-4-6-16-7-10-18(11-8-16)24(25,26)27/h7-12,14H,4,6,13H2,1-2H3,(H,28,29)(H,30,31). The molecule has 0 radical (unpaired) electrons. The van der Waals surface area contributed by atoms with E-state index in [1.54, 1.807) is 18.3 Å². The number of anilines is 1. The van der Waals surface area contributed by atoms with Gasteiger partial charge >= 0.3 is 6.18 Å². The summed E-state index contributed by atoms with van der Waals surface area (Å²) in [5.41, 5.74) is 3.94. The molecule has 2 aromatic heterocycles. The predicted molar refractivity (Wildman–Crippen MR) is 123 cm³/mol. The van der Waals surface area contributed by atoms with Crippen molar-refractivity contribution < 1.29 is 13.2 Å². The molecular weight excluding hydrogens is 433 g/mol. The number of aromatic nitrogens is 3. The van der Waals surface area contributed by atoms with Crippen molar-refractivity contribution in [2.75, 3.05) is 11.9 Å². The largest absolute Gasteiger partial charge is 0.416 e. The topological polar surface area (TPSA) is 53.6 Å². The number of nitrogens with one attached hydrogen (secondary N) is 2. The van der Waals surface area contributed by atoms with Crippen molar-refractivity contribution in [1.29, 1.82) is 0 Å². The number of hydrogen-bond donors (Lipinski definition) is 2. The van der Waals surface area contributed by atoms with Crippen LogP contribution < -0.4 is 5.32 Å². The predicted octanol–water partition coefficient (Wildman–Crippen LogP) is 6.43. The molecule has 0 spiro atoms. The number of nitrogens with zero attached hydrogens (tertiary/aromatic N) is 2. The van der Waals surface area contributed by atoms with Crippen molar-refractivity contribution in [2.24, 2.45) is 0 Å². The fourth-order valence-corrected chi connectivity index (χ4v) is 4.37. The smallest absolute Gasteiger partial charge is 0.361 e. The third-order valence-corrected chi connectivity index (χ3v) is 6.15. The van der Waals surface area contributed by atoms with Gasteiger partial charge in [-0.1, -0.05) is 35.5 Å². The lowest BCUT2D eigenvalue weighted by Crippen LogP contribution is -2.05. The van der Waals surface area contributed by atoms with Gasteiger partial charge in [0.25, 0.3) is 0 Å². The molecule has 0 bridgehead atoms. The molecule has 0 atom stereocenters. The number of aryl methyl sites for hydroxylation is 2. The molecule has 2 N–H and O–H groups in total. The number of alkyl halides is 3. The average molecular weight is 455 g/mol. The van der Waals surface area contributed by atoms with Gasteiger partial charge in [-0.05, 0) is 68.0 Å². The zero-order valence-corrected chi connectivity index (χ0v) is 18.4. The first-order valence-electron chi connectivity index (χ1n) is 10.1. The summed E-state index contributed by atoms with van der Waals surface area (Å²) in [5, 5.41) is 12.4. The van der Waals surface area contributed by atoms with E-state index >= 15 is 0 Å². The van der Waals surface area contributed by atoms with Crippen molar-refractivity contribution in [3.8, 4) is 22.3 Å². The number of benzene rings is 2. The van der Waals surface area contributed by atoms with E-state index in [4.69, 9.17) is 0 Å². The van der Waals surface area contributed by atoms with Crippen molar-refractivity contribution >= 4 is 27.4 Å². The lowest BCUT2D eigenvalue weighted by molar-refractivity contribution is -0.137. The number of fused-ring (bicyclic) bond motifs is 1. The van der Waals surface area contributed by atoms with Crippen molar-refractivity contribution in [3.63, 3.8) is 0 Å². The highest BCUT2D eigenvalue weighted by Crippen LogP contribution is 2.35. The minimum Gasteiger partial charge on any atom is -0.361 e. The van der Waals surface area contributed by atoms with Gasteiger partial charge in [0.2, 0.25) is 0 Å². The molecule has 0 amide bonds. The van der Waals surface area contributed by atoms with Crippen LogP contribution in [0.5, 0.6) is 0 Å². The first-order chi connectivity index (χ1) is 15.3. The Morgan fingerprint density at radius 3 is 2.62 bits per heavy atom. The van der Waals surface area contributed by atoms with Crippen LogP contribution in [0.3, 0.4) is 0 Å². The quantitative estimate of drug-likeness (QED) is 0.261. The third-order valence-electron chi connectivity index (χ3n) is 5.09. The molecule has 0 fully saturated rings. The molecule has 0 aliphatic heterocycles. The van der Waals surface area contributed by atoms with Gasteiger partial charge in [-0.15, -0.1) is 0 Å². The van der Waals surface area contributed by atoms with E-state index in [0.717, 1.165) is 62.0 Å². The van der Waals surface area contributed by atoms with Gasteiger partial charge in [0.05, 0.1) is 21.7 Å². The Kier molecular flexibility index (Phi) is 6.19. The molecule has 0 saturated heterocycles. The van der Waals surface area contributed by atoms with Gasteiger partial charge in [-0.3, -0.25) is 5.10 Å². The van der Waals surface area contributed by atoms with Gasteiger partial charge in [0.1, 0.15) is 5.69 Å². The summed E-state index contributed by atoms with van der Waals surface area (Å²) in [6.45, 7) is 4.41.